The van der Waals surface area contributed by atoms with Gasteiger partial charge < -0.3 is 15.8 Å². The minimum atomic E-state index is -0.422. The van der Waals surface area contributed by atoms with Crippen molar-refractivity contribution < 1.29 is 9.53 Å². The highest BCUT2D eigenvalue weighted by molar-refractivity contribution is 7.07. The predicted octanol–water partition coefficient (Wildman–Crippen LogP) is 1.54. The van der Waals surface area contributed by atoms with Crippen molar-refractivity contribution in [3.05, 3.63) is 22.4 Å². The minimum Gasteiger partial charge on any atom is -0.381 e. The largest absolute Gasteiger partial charge is 0.381 e. The Morgan fingerprint density at radius 3 is 2.78 bits per heavy atom. The average molecular weight is 291 g/mol. The van der Waals surface area contributed by atoms with E-state index in [1.807, 2.05) is 16.8 Å². The molecule has 1 saturated heterocycles. The molecule has 18 heavy (non-hydrogen) atoms. The van der Waals surface area contributed by atoms with Crippen molar-refractivity contribution in [3.63, 3.8) is 0 Å². The van der Waals surface area contributed by atoms with E-state index in [0.29, 0.717) is 26.3 Å². The number of carbonyl (C=O) groups is 1. The summed E-state index contributed by atoms with van der Waals surface area (Å²) < 4.78 is 5.29. The second-order valence-electron chi connectivity index (χ2n) is 4.41. The predicted molar refractivity (Wildman–Crippen MR) is 75.0 cm³/mol. The summed E-state index contributed by atoms with van der Waals surface area (Å²) in [6.45, 7) is 2.24. The fraction of sp³-hybridized carbons (Fsp3) is 0.583. The van der Waals surface area contributed by atoms with E-state index in [1.54, 1.807) is 11.3 Å². The Kier molecular flexibility index (Phi) is 6.08. The fourth-order valence-electron chi connectivity index (χ4n) is 2.05. The number of amides is 1. The Balaban J connectivity index is 0.00000162. The normalized spacial score (nSPS) is 17.8. The maximum Gasteiger partial charge on any atom is 0.227 e. The lowest BCUT2D eigenvalue weighted by molar-refractivity contribution is -0.136. The van der Waals surface area contributed by atoms with E-state index in [0.717, 1.165) is 18.4 Å². The van der Waals surface area contributed by atoms with Gasteiger partial charge in [-0.05, 0) is 35.2 Å². The highest BCUT2D eigenvalue weighted by Gasteiger charge is 2.38. The van der Waals surface area contributed by atoms with Crippen molar-refractivity contribution in [1.82, 2.24) is 5.32 Å². The first-order chi connectivity index (χ1) is 8.27. The molecule has 1 aromatic rings. The van der Waals surface area contributed by atoms with Crippen molar-refractivity contribution in [2.24, 2.45) is 11.1 Å². The lowest BCUT2D eigenvalue weighted by atomic mass is 9.79. The number of hydrogen-bond donors (Lipinski definition) is 2. The van der Waals surface area contributed by atoms with E-state index in [9.17, 15) is 4.79 Å². The van der Waals surface area contributed by atoms with Crippen molar-refractivity contribution in [2.45, 2.75) is 19.4 Å². The first-order valence-corrected chi connectivity index (χ1v) is 6.78. The SMILES string of the molecule is Cl.NCC1(C(=O)NCc2ccsc2)CCOCC1. The second kappa shape index (κ2) is 7.09. The summed E-state index contributed by atoms with van der Waals surface area (Å²) in [7, 11) is 0. The third-order valence-corrected chi connectivity index (χ3v) is 4.09. The maximum absolute atomic E-state index is 12.2. The molecule has 3 N–H and O–H groups in total. The van der Waals surface area contributed by atoms with Crippen LogP contribution in [0.5, 0.6) is 0 Å². The summed E-state index contributed by atoms with van der Waals surface area (Å²) >= 11 is 1.64. The minimum absolute atomic E-state index is 0. The molecular weight excluding hydrogens is 272 g/mol. The highest BCUT2D eigenvalue weighted by Crippen LogP contribution is 2.29. The molecule has 0 aromatic carbocycles. The van der Waals surface area contributed by atoms with Crippen LogP contribution in [-0.2, 0) is 16.1 Å². The first kappa shape index (κ1) is 15.4. The van der Waals surface area contributed by atoms with Gasteiger partial charge in [0.05, 0.1) is 5.41 Å². The van der Waals surface area contributed by atoms with Gasteiger partial charge in [-0.3, -0.25) is 4.79 Å². The van der Waals surface area contributed by atoms with Crippen LogP contribution in [0.15, 0.2) is 16.8 Å². The molecule has 1 aliphatic heterocycles. The highest BCUT2D eigenvalue weighted by atomic mass is 35.5. The number of carbonyl (C=O) groups excluding carboxylic acids is 1. The molecule has 1 amide bonds. The second-order valence-corrected chi connectivity index (χ2v) is 5.19. The Morgan fingerprint density at radius 1 is 1.50 bits per heavy atom. The standard InChI is InChI=1S/C12H18N2O2S.ClH/c13-9-12(2-4-16-5-3-12)11(15)14-7-10-1-6-17-8-10;/h1,6,8H,2-5,7,9,13H2,(H,14,15);1H. The topological polar surface area (TPSA) is 64.4 Å². The number of halogens is 1. The lowest BCUT2D eigenvalue weighted by Crippen LogP contribution is -2.48. The van der Waals surface area contributed by atoms with Crippen molar-refractivity contribution >= 4 is 29.7 Å². The van der Waals surface area contributed by atoms with Crippen LogP contribution in [0.3, 0.4) is 0 Å². The molecule has 0 aliphatic carbocycles. The van der Waals surface area contributed by atoms with Gasteiger partial charge >= 0.3 is 0 Å². The smallest absolute Gasteiger partial charge is 0.227 e. The van der Waals surface area contributed by atoms with Crippen LogP contribution in [0, 0.1) is 5.41 Å². The van der Waals surface area contributed by atoms with Gasteiger partial charge in [0.1, 0.15) is 0 Å². The molecule has 0 radical (unpaired) electrons. The Bertz CT molecular complexity index is 364. The number of rotatable bonds is 4. The van der Waals surface area contributed by atoms with Crippen LogP contribution in [0.1, 0.15) is 18.4 Å². The van der Waals surface area contributed by atoms with Gasteiger partial charge in [-0.2, -0.15) is 11.3 Å². The Morgan fingerprint density at radius 2 is 2.22 bits per heavy atom. The monoisotopic (exact) mass is 290 g/mol. The molecular formula is C12H19ClN2O2S. The molecule has 0 bridgehead atoms. The van der Waals surface area contributed by atoms with Crippen LogP contribution in [-0.4, -0.2) is 25.7 Å². The molecule has 0 unspecified atom stereocenters. The van der Waals surface area contributed by atoms with E-state index in [2.05, 4.69) is 5.32 Å². The van der Waals surface area contributed by atoms with E-state index >= 15 is 0 Å². The van der Waals surface area contributed by atoms with Crippen LogP contribution in [0.4, 0.5) is 0 Å². The molecule has 1 fully saturated rings. The van der Waals surface area contributed by atoms with Gasteiger partial charge in [-0.1, -0.05) is 0 Å². The maximum atomic E-state index is 12.2. The molecule has 102 valence electrons. The quantitative estimate of drug-likeness (QED) is 0.884. The third-order valence-electron chi connectivity index (χ3n) is 3.36. The molecule has 6 heteroatoms. The summed E-state index contributed by atoms with van der Waals surface area (Å²) in [4.78, 5) is 12.2. The van der Waals surface area contributed by atoms with Gasteiger partial charge in [0.2, 0.25) is 5.91 Å². The van der Waals surface area contributed by atoms with Crippen molar-refractivity contribution in [2.75, 3.05) is 19.8 Å². The summed E-state index contributed by atoms with van der Waals surface area (Å²) in [6.07, 6.45) is 1.44. The summed E-state index contributed by atoms with van der Waals surface area (Å²) in [5, 5.41) is 7.03. The molecule has 1 aromatic heterocycles. The van der Waals surface area contributed by atoms with E-state index < -0.39 is 5.41 Å². The first-order valence-electron chi connectivity index (χ1n) is 5.84. The zero-order valence-electron chi connectivity index (χ0n) is 10.2. The summed E-state index contributed by atoms with van der Waals surface area (Å²) in [6, 6.07) is 2.02. The number of thiophene rings is 1. The summed E-state index contributed by atoms with van der Waals surface area (Å²) in [5.41, 5.74) is 6.49. The molecule has 0 atom stereocenters. The van der Waals surface area contributed by atoms with Crippen molar-refractivity contribution in [3.8, 4) is 0 Å². The molecule has 2 heterocycles. The van der Waals surface area contributed by atoms with Gasteiger partial charge in [-0.15, -0.1) is 12.4 Å². The van der Waals surface area contributed by atoms with Crippen LogP contribution < -0.4 is 11.1 Å². The lowest BCUT2D eigenvalue weighted by Gasteiger charge is -2.34. The fourth-order valence-corrected chi connectivity index (χ4v) is 2.72. The number of ether oxygens (including phenoxy) is 1. The molecule has 0 spiro atoms. The molecule has 0 saturated carbocycles. The Hall–Kier alpha value is -0.620. The van der Waals surface area contributed by atoms with Crippen LogP contribution >= 0.6 is 23.7 Å². The summed E-state index contributed by atoms with van der Waals surface area (Å²) in [5.74, 6) is 0.0644. The van der Waals surface area contributed by atoms with Crippen molar-refractivity contribution in [1.29, 1.82) is 0 Å². The average Bonchev–Trinajstić information content (AvgIpc) is 2.90. The Labute approximate surface area is 117 Å². The third kappa shape index (κ3) is 3.45. The number of nitrogens with two attached hydrogens (primary N) is 1. The molecule has 1 aliphatic rings. The molecule has 4 nitrogen and oxygen atoms in total. The van der Waals surface area contributed by atoms with Gasteiger partial charge in [0, 0.05) is 26.3 Å². The van der Waals surface area contributed by atoms with Crippen LogP contribution in [0.2, 0.25) is 0 Å². The van der Waals surface area contributed by atoms with Gasteiger partial charge in [-0.25, -0.2) is 0 Å². The van der Waals surface area contributed by atoms with Gasteiger partial charge in [0.15, 0.2) is 0 Å². The van der Waals surface area contributed by atoms with E-state index in [-0.39, 0.29) is 18.3 Å². The van der Waals surface area contributed by atoms with E-state index in [1.165, 1.54) is 0 Å². The molecule has 2 rings (SSSR count). The number of nitrogens with one attached hydrogen (secondary N) is 1. The zero-order chi connectivity index (χ0) is 12.1. The zero-order valence-corrected chi connectivity index (χ0v) is 11.8. The van der Waals surface area contributed by atoms with E-state index in [4.69, 9.17) is 10.5 Å². The van der Waals surface area contributed by atoms with Gasteiger partial charge in [0.25, 0.3) is 0 Å². The number of hydrogen-bond acceptors (Lipinski definition) is 4. The van der Waals surface area contributed by atoms with Crippen LogP contribution in [0.25, 0.3) is 0 Å².